The molecular formula is C17H21N3O2. The van der Waals surface area contributed by atoms with E-state index in [0.717, 1.165) is 0 Å². The van der Waals surface area contributed by atoms with Crippen molar-refractivity contribution < 1.29 is 9.53 Å². The van der Waals surface area contributed by atoms with E-state index in [0.29, 0.717) is 17.3 Å². The highest BCUT2D eigenvalue weighted by atomic mass is 16.5. The van der Waals surface area contributed by atoms with Gasteiger partial charge in [0.1, 0.15) is 5.75 Å². The van der Waals surface area contributed by atoms with Gasteiger partial charge in [0.2, 0.25) is 11.8 Å². The molecule has 0 radical (unpaired) electrons. The summed E-state index contributed by atoms with van der Waals surface area (Å²) in [6, 6.07) is 12.0. The molecule has 0 aliphatic carbocycles. The van der Waals surface area contributed by atoms with Gasteiger partial charge in [0.15, 0.2) is 0 Å². The number of nitrogens with two attached hydrogens (primary N) is 1. The van der Waals surface area contributed by atoms with Gasteiger partial charge >= 0.3 is 0 Å². The number of hydrogen-bond acceptors (Lipinski definition) is 4. The molecule has 1 aromatic heterocycles. The van der Waals surface area contributed by atoms with Crippen LogP contribution in [0.5, 0.6) is 11.6 Å². The van der Waals surface area contributed by atoms with Gasteiger partial charge in [-0.3, -0.25) is 4.79 Å². The number of nitrogens with zero attached hydrogens (tertiary/aromatic N) is 1. The first-order valence-electron chi connectivity index (χ1n) is 7.11. The van der Waals surface area contributed by atoms with Gasteiger partial charge in [-0.05, 0) is 23.6 Å². The fourth-order valence-electron chi connectivity index (χ4n) is 1.78. The van der Waals surface area contributed by atoms with Crippen molar-refractivity contribution in [3.63, 3.8) is 0 Å². The van der Waals surface area contributed by atoms with E-state index < -0.39 is 6.04 Å². The second-order valence-corrected chi connectivity index (χ2v) is 6.13. The highest BCUT2D eigenvalue weighted by Crippen LogP contribution is 2.24. The summed E-state index contributed by atoms with van der Waals surface area (Å²) in [5.74, 6) is 0.876. The molecule has 116 valence electrons. The van der Waals surface area contributed by atoms with Crippen LogP contribution in [0.1, 0.15) is 20.8 Å². The van der Waals surface area contributed by atoms with Crippen molar-refractivity contribution in [3.8, 4) is 11.6 Å². The topological polar surface area (TPSA) is 77.2 Å². The van der Waals surface area contributed by atoms with Gasteiger partial charge < -0.3 is 15.8 Å². The van der Waals surface area contributed by atoms with Crippen molar-refractivity contribution in [1.82, 2.24) is 4.98 Å². The van der Waals surface area contributed by atoms with Gasteiger partial charge in [0.05, 0.1) is 6.04 Å². The molecule has 1 amide bonds. The number of nitrogens with one attached hydrogen (secondary N) is 1. The Morgan fingerprint density at radius 1 is 1.23 bits per heavy atom. The van der Waals surface area contributed by atoms with Crippen molar-refractivity contribution in [2.45, 2.75) is 26.8 Å². The van der Waals surface area contributed by atoms with Gasteiger partial charge in [-0.15, -0.1) is 0 Å². The molecule has 5 nitrogen and oxygen atoms in total. The molecule has 0 spiro atoms. The van der Waals surface area contributed by atoms with Gasteiger partial charge in [0, 0.05) is 24.0 Å². The smallest absolute Gasteiger partial charge is 0.241 e. The molecule has 0 saturated carbocycles. The highest BCUT2D eigenvalue weighted by Gasteiger charge is 2.27. The molecule has 2 rings (SSSR count). The number of anilines is 1. The largest absolute Gasteiger partial charge is 0.439 e. The van der Waals surface area contributed by atoms with Crippen LogP contribution < -0.4 is 15.8 Å². The van der Waals surface area contributed by atoms with Crippen LogP contribution in [0.2, 0.25) is 0 Å². The first kappa shape index (κ1) is 16.0. The maximum atomic E-state index is 12.1. The van der Waals surface area contributed by atoms with Crippen molar-refractivity contribution in [3.05, 3.63) is 48.7 Å². The van der Waals surface area contributed by atoms with Crippen LogP contribution in [0.3, 0.4) is 0 Å². The highest BCUT2D eigenvalue weighted by molar-refractivity contribution is 5.95. The normalized spacial score (nSPS) is 12.5. The van der Waals surface area contributed by atoms with Gasteiger partial charge in [-0.1, -0.05) is 32.9 Å². The van der Waals surface area contributed by atoms with E-state index >= 15 is 0 Å². The summed E-state index contributed by atoms with van der Waals surface area (Å²) in [5.41, 5.74) is 6.29. The molecule has 1 aromatic carbocycles. The number of carbonyl (C=O) groups excluding carboxylic acids is 1. The maximum absolute atomic E-state index is 12.1. The van der Waals surface area contributed by atoms with Crippen LogP contribution in [0.15, 0.2) is 48.7 Å². The van der Waals surface area contributed by atoms with E-state index in [1.54, 1.807) is 36.5 Å². The zero-order chi connectivity index (χ0) is 16.2. The number of benzene rings is 1. The predicted octanol–water partition coefficient (Wildman–Crippen LogP) is 3.19. The van der Waals surface area contributed by atoms with E-state index in [-0.39, 0.29) is 11.3 Å². The summed E-state index contributed by atoms with van der Waals surface area (Å²) in [5, 5.41) is 2.81. The third kappa shape index (κ3) is 4.30. The average Bonchev–Trinajstić information content (AvgIpc) is 2.47. The van der Waals surface area contributed by atoms with Crippen molar-refractivity contribution in [2.75, 3.05) is 5.32 Å². The standard InChI is InChI=1S/C17H21N3O2/c1-17(2,3)15(18)16(21)20-12-7-6-8-13(11-12)22-14-9-4-5-10-19-14/h4-11,15H,18H2,1-3H3,(H,20,21)/t15-/m1/s1. The molecule has 1 heterocycles. The van der Waals surface area contributed by atoms with Crippen molar-refractivity contribution in [1.29, 1.82) is 0 Å². The molecule has 22 heavy (non-hydrogen) atoms. The summed E-state index contributed by atoms with van der Waals surface area (Å²) in [7, 11) is 0. The first-order chi connectivity index (χ1) is 10.4. The Kier molecular flexibility index (Phi) is 4.78. The maximum Gasteiger partial charge on any atom is 0.241 e. The van der Waals surface area contributed by atoms with E-state index in [2.05, 4.69) is 10.3 Å². The Morgan fingerprint density at radius 3 is 2.64 bits per heavy atom. The zero-order valence-electron chi connectivity index (χ0n) is 13.0. The Bertz CT molecular complexity index is 636. The molecule has 0 aliphatic heterocycles. The molecular weight excluding hydrogens is 278 g/mol. The number of aromatic nitrogens is 1. The molecule has 3 N–H and O–H groups in total. The molecule has 0 fully saturated rings. The Hall–Kier alpha value is -2.40. The van der Waals surface area contributed by atoms with Gasteiger partial charge in [0.25, 0.3) is 0 Å². The molecule has 5 heteroatoms. The third-order valence-electron chi connectivity index (χ3n) is 3.18. The predicted molar refractivity (Wildman–Crippen MR) is 86.8 cm³/mol. The quantitative estimate of drug-likeness (QED) is 0.909. The Balaban J connectivity index is 2.07. The van der Waals surface area contributed by atoms with Crippen LogP contribution in [0.25, 0.3) is 0 Å². The van der Waals surface area contributed by atoms with E-state index in [4.69, 9.17) is 10.5 Å². The van der Waals surface area contributed by atoms with Crippen LogP contribution in [0.4, 0.5) is 5.69 Å². The van der Waals surface area contributed by atoms with Crippen LogP contribution in [0, 0.1) is 5.41 Å². The number of hydrogen-bond donors (Lipinski definition) is 2. The number of rotatable bonds is 4. The van der Waals surface area contributed by atoms with Crippen molar-refractivity contribution in [2.24, 2.45) is 11.1 Å². The molecule has 0 bridgehead atoms. The lowest BCUT2D eigenvalue weighted by Crippen LogP contribution is -2.45. The van der Waals surface area contributed by atoms with Crippen molar-refractivity contribution >= 4 is 11.6 Å². The number of pyridine rings is 1. The number of amides is 1. The SMILES string of the molecule is CC(C)(C)[C@H](N)C(=O)Nc1cccc(Oc2ccccn2)c1. The lowest BCUT2D eigenvalue weighted by atomic mass is 9.87. The number of ether oxygens (including phenoxy) is 1. The minimum absolute atomic E-state index is 0.220. The molecule has 1 atom stereocenters. The number of carbonyl (C=O) groups is 1. The Labute approximate surface area is 130 Å². The van der Waals surface area contributed by atoms with Gasteiger partial charge in [-0.25, -0.2) is 4.98 Å². The molecule has 2 aromatic rings. The fraction of sp³-hybridized carbons (Fsp3) is 0.294. The Morgan fingerprint density at radius 2 is 2.00 bits per heavy atom. The summed E-state index contributed by atoms with van der Waals surface area (Å²) in [6.07, 6.45) is 1.66. The summed E-state index contributed by atoms with van der Waals surface area (Å²) >= 11 is 0. The van der Waals surface area contributed by atoms with E-state index in [1.807, 2.05) is 32.9 Å². The van der Waals surface area contributed by atoms with E-state index in [9.17, 15) is 4.79 Å². The summed E-state index contributed by atoms with van der Waals surface area (Å²) < 4.78 is 5.63. The summed E-state index contributed by atoms with van der Waals surface area (Å²) in [4.78, 5) is 16.2. The third-order valence-corrected chi connectivity index (χ3v) is 3.18. The monoisotopic (exact) mass is 299 g/mol. The van der Waals surface area contributed by atoms with Crippen LogP contribution >= 0.6 is 0 Å². The first-order valence-corrected chi connectivity index (χ1v) is 7.11. The lowest BCUT2D eigenvalue weighted by molar-refractivity contribution is -0.119. The minimum atomic E-state index is -0.590. The molecule has 0 saturated heterocycles. The second kappa shape index (κ2) is 6.58. The lowest BCUT2D eigenvalue weighted by Gasteiger charge is -2.25. The zero-order valence-corrected chi connectivity index (χ0v) is 13.0. The van der Waals surface area contributed by atoms with Gasteiger partial charge in [-0.2, -0.15) is 0 Å². The van der Waals surface area contributed by atoms with E-state index in [1.165, 1.54) is 0 Å². The van der Waals surface area contributed by atoms with Crippen LogP contribution in [-0.4, -0.2) is 16.9 Å². The summed E-state index contributed by atoms with van der Waals surface area (Å²) in [6.45, 7) is 5.79. The molecule has 0 aliphatic rings. The fourth-order valence-corrected chi connectivity index (χ4v) is 1.78. The minimum Gasteiger partial charge on any atom is -0.439 e. The molecule has 0 unspecified atom stereocenters. The average molecular weight is 299 g/mol. The second-order valence-electron chi connectivity index (χ2n) is 6.13. The van der Waals surface area contributed by atoms with Crippen LogP contribution in [-0.2, 0) is 4.79 Å².